The predicted molar refractivity (Wildman–Crippen MR) is 84.8 cm³/mol. The van der Waals surface area contributed by atoms with E-state index in [9.17, 15) is 4.79 Å². The second kappa shape index (κ2) is 8.00. The summed E-state index contributed by atoms with van der Waals surface area (Å²) in [6.07, 6.45) is 0.221. The lowest BCUT2D eigenvalue weighted by Gasteiger charge is -2.36. The minimum atomic E-state index is -0.724. The molecule has 1 heterocycles. The molecule has 1 aromatic carbocycles. The molecule has 0 bridgehead atoms. The van der Waals surface area contributed by atoms with Gasteiger partial charge in [-0.25, -0.2) is 0 Å². The number of hydrogen-bond donors (Lipinski definition) is 1. The molecule has 0 amide bonds. The monoisotopic (exact) mass is 291 g/mol. The summed E-state index contributed by atoms with van der Waals surface area (Å²) in [4.78, 5) is 17.5. The number of aliphatic carboxylic acids is 1. The van der Waals surface area contributed by atoms with Crippen molar-refractivity contribution in [3.05, 3.63) is 30.3 Å². The number of anilines is 1. The number of carbonyl (C=O) groups is 1. The topological polar surface area (TPSA) is 47.0 Å². The van der Waals surface area contributed by atoms with Crippen molar-refractivity contribution in [2.24, 2.45) is 0 Å². The zero-order chi connectivity index (χ0) is 15.1. The second-order valence-corrected chi connectivity index (χ2v) is 5.61. The summed E-state index contributed by atoms with van der Waals surface area (Å²) in [6, 6.07) is 10.5. The molecule has 0 aromatic heterocycles. The molecule has 5 nitrogen and oxygen atoms in total. The molecule has 1 N–H and O–H groups in total. The first-order valence-electron chi connectivity index (χ1n) is 7.58. The highest BCUT2D eigenvalue weighted by Gasteiger charge is 2.17. The Morgan fingerprint density at radius 1 is 1.14 bits per heavy atom. The van der Waals surface area contributed by atoms with Gasteiger partial charge in [0.15, 0.2) is 0 Å². The molecule has 0 saturated carbocycles. The third-order valence-electron chi connectivity index (χ3n) is 4.00. The van der Waals surface area contributed by atoms with E-state index < -0.39 is 5.97 Å². The Balaban J connectivity index is 1.66. The smallest absolute Gasteiger partial charge is 0.304 e. The van der Waals surface area contributed by atoms with Crippen molar-refractivity contribution in [2.45, 2.75) is 6.42 Å². The zero-order valence-electron chi connectivity index (χ0n) is 12.7. The summed E-state index contributed by atoms with van der Waals surface area (Å²) in [5.41, 5.74) is 1.30. The number of hydrogen-bond acceptors (Lipinski definition) is 4. The van der Waals surface area contributed by atoms with E-state index >= 15 is 0 Å². The Morgan fingerprint density at radius 2 is 1.81 bits per heavy atom. The normalized spacial score (nSPS) is 16.4. The summed E-state index contributed by atoms with van der Waals surface area (Å²) in [7, 11) is 1.99. The number of rotatable bonds is 7. The first-order chi connectivity index (χ1) is 10.1. The van der Waals surface area contributed by atoms with E-state index in [2.05, 4.69) is 39.0 Å². The van der Waals surface area contributed by atoms with E-state index in [1.165, 1.54) is 5.69 Å². The van der Waals surface area contributed by atoms with Crippen LogP contribution >= 0.6 is 0 Å². The number of carboxylic acid groups (broad SMARTS) is 1. The fourth-order valence-electron chi connectivity index (χ4n) is 2.58. The van der Waals surface area contributed by atoms with Gasteiger partial charge in [0.2, 0.25) is 0 Å². The summed E-state index contributed by atoms with van der Waals surface area (Å²) < 4.78 is 0. The Morgan fingerprint density at radius 3 is 2.43 bits per heavy atom. The van der Waals surface area contributed by atoms with Gasteiger partial charge in [0.05, 0.1) is 6.42 Å². The SMILES string of the molecule is CN(CCC(=O)O)CCN1CCN(c2ccccc2)CC1. The maximum atomic E-state index is 10.5. The zero-order valence-corrected chi connectivity index (χ0v) is 12.7. The lowest BCUT2D eigenvalue weighted by atomic mass is 10.2. The summed E-state index contributed by atoms with van der Waals surface area (Å²) >= 11 is 0. The van der Waals surface area contributed by atoms with Crippen LogP contribution in [0, 0.1) is 0 Å². The lowest BCUT2D eigenvalue weighted by molar-refractivity contribution is -0.137. The Kier molecular flexibility index (Phi) is 6.02. The summed E-state index contributed by atoms with van der Waals surface area (Å²) in [6.45, 7) is 6.83. The van der Waals surface area contributed by atoms with Gasteiger partial charge in [0, 0.05) is 51.5 Å². The lowest BCUT2D eigenvalue weighted by Crippen LogP contribution is -2.48. The Labute approximate surface area is 126 Å². The molecule has 1 fully saturated rings. The van der Waals surface area contributed by atoms with E-state index in [1.807, 2.05) is 13.1 Å². The van der Waals surface area contributed by atoms with Crippen LogP contribution in [0.15, 0.2) is 30.3 Å². The fourth-order valence-corrected chi connectivity index (χ4v) is 2.58. The Hall–Kier alpha value is -1.59. The van der Waals surface area contributed by atoms with E-state index in [4.69, 9.17) is 5.11 Å². The number of piperazine rings is 1. The van der Waals surface area contributed by atoms with Crippen LogP contribution in [-0.4, -0.2) is 73.7 Å². The minimum Gasteiger partial charge on any atom is -0.481 e. The van der Waals surface area contributed by atoms with Crippen molar-refractivity contribution < 1.29 is 9.90 Å². The molecule has 0 aliphatic carbocycles. The molecule has 2 rings (SSSR count). The first-order valence-corrected chi connectivity index (χ1v) is 7.58. The molecular formula is C16H25N3O2. The van der Waals surface area contributed by atoms with Crippen molar-refractivity contribution in [3.63, 3.8) is 0 Å². The number of para-hydroxylation sites is 1. The van der Waals surface area contributed by atoms with Crippen molar-refractivity contribution in [3.8, 4) is 0 Å². The van der Waals surface area contributed by atoms with Gasteiger partial charge in [-0.2, -0.15) is 0 Å². The second-order valence-electron chi connectivity index (χ2n) is 5.61. The molecule has 5 heteroatoms. The highest BCUT2D eigenvalue weighted by atomic mass is 16.4. The van der Waals surface area contributed by atoms with Crippen LogP contribution in [-0.2, 0) is 4.79 Å². The molecule has 0 unspecified atom stereocenters. The maximum Gasteiger partial charge on any atom is 0.304 e. The van der Waals surface area contributed by atoms with Gasteiger partial charge in [-0.05, 0) is 19.2 Å². The van der Waals surface area contributed by atoms with Crippen LogP contribution < -0.4 is 4.90 Å². The van der Waals surface area contributed by atoms with Crippen LogP contribution in [0.2, 0.25) is 0 Å². The third kappa shape index (κ3) is 5.36. The Bertz CT molecular complexity index is 430. The predicted octanol–water partition coefficient (Wildman–Crippen LogP) is 1.22. The van der Waals surface area contributed by atoms with Gasteiger partial charge in [-0.3, -0.25) is 9.69 Å². The van der Waals surface area contributed by atoms with Crippen molar-refractivity contribution in [1.29, 1.82) is 0 Å². The minimum absolute atomic E-state index is 0.221. The van der Waals surface area contributed by atoms with Crippen LogP contribution in [0.3, 0.4) is 0 Å². The quantitative estimate of drug-likeness (QED) is 0.818. The maximum absolute atomic E-state index is 10.5. The number of likely N-dealkylation sites (N-methyl/N-ethyl adjacent to an activating group) is 1. The molecule has 1 saturated heterocycles. The van der Waals surface area contributed by atoms with Crippen molar-refractivity contribution in [2.75, 3.05) is 57.8 Å². The standard InChI is InChI=1S/C16H25N3O2/c1-17(8-7-16(20)21)9-10-18-11-13-19(14-12-18)15-5-3-2-4-6-15/h2-6H,7-14H2,1H3,(H,20,21). The molecule has 1 aliphatic heterocycles. The van der Waals surface area contributed by atoms with E-state index in [1.54, 1.807) is 0 Å². The third-order valence-corrected chi connectivity index (χ3v) is 4.00. The fraction of sp³-hybridized carbons (Fsp3) is 0.562. The van der Waals surface area contributed by atoms with Crippen LogP contribution in [0.4, 0.5) is 5.69 Å². The molecule has 0 atom stereocenters. The van der Waals surface area contributed by atoms with Crippen LogP contribution in [0.5, 0.6) is 0 Å². The number of nitrogens with zero attached hydrogens (tertiary/aromatic N) is 3. The molecular weight excluding hydrogens is 266 g/mol. The summed E-state index contributed by atoms with van der Waals surface area (Å²) in [5, 5.41) is 8.67. The summed E-state index contributed by atoms with van der Waals surface area (Å²) in [5.74, 6) is -0.724. The number of benzene rings is 1. The molecule has 21 heavy (non-hydrogen) atoms. The van der Waals surface area contributed by atoms with Crippen LogP contribution in [0.1, 0.15) is 6.42 Å². The van der Waals surface area contributed by atoms with Gasteiger partial charge in [0.25, 0.3) is 0 Å². The average Bonchev–Trinajstić information content (AvgIpc) is 2.52. The number of carboxylic acids is 1. The molecule has 0 spiro atoms. The average molecular weight is 291 g/mol. The van der Waals surface area contributed by atoms with Crippen molar-refractivity contribution in [1.82, 2.24) is 9.80 Å². The van der Waals surface area contributed by atoms with E-state index in [0.717, 1.165) is 39.3 Å². The highest BCUT2D eigenvalue weighted by Crippen LogP contribution is 2.15. The molecule has 1 aromatic rings. The van der Waals surface area contributed by atoms with Crippen LogP contribution in [0.25, 0.3) is 0 Å². The molecule has 0 radical (unpaired) electrons. The van der Waals surface area contributed by atoms with Gasteiger partial charge in [-0.15, -0.1) is 0 Å². The largest absolute Gasteiger partial charge is 0.481 e. The van der Waals surface area contributed by atoms with Gasteiger partial charge >= 0.3 is 5.97 Å². The molecule has 1 aliphatic rings. The highest BCUT2D eigenvalue weighted by molar-refractivity contribution is 5.66. The van der Waals surface area contributed by atoms with Gasteiger partial charge < -0.3 is 14.9 Å². The van der Waals surface area contributed by atoms with E-state index in [0.29, 0.717) is 6.54 Å². The van der Waals surface area contributed by atoms with E-state index in [-0.39, 0.29) is 6.42 Å². The molecule has 116 valence electrons. The van der Waals surface area contributed by atoms with Crippen molar-refractivity contribution >= 4 is 11.7 Å². The van der Waals surface area contributed by atoms with Gasteiger partial charge in [-0.1, -0.05) is 18.2 Å². The first kappa shape index (κ1) is 15.8. The van der Waals surface area contributed by atoms with Gasteiger partial charge in [0.1, 0.15) is 0 Å².